The lowest BCUT2D eigenvalue weighted by Crippen LogP contribution is -2.11. The third-order valence-electron chi connectivity index (χ3n) is 2.76. The number of halogens is 6. The Labute approximate surface area is 126 Å². The van der Waals surface area contributed by atoms with E-state index in [2.05, 4.69) is 15.9 Å². The van der Waals surface area contributed by atoms with Crippen LogP contribution in [-0.2, 0) is 6.18 Å². The SMILES string of the molecule is Fc1ccc(C(Cl)c2ccc(Br)cc2C(F)(F)F)cc1. The van der Waals surface area contributed by atoms with Crippen molar-refractivity contribution in [2.45, 2.75) is 11.6 Å². The van der Waals surface area contributed by atoms with Crippen LogP contribution in [0.4, 0.5) is 17.6 Å². The van der Waals surface area contributed by atoms with Gasteiger partial charge in [-0.1, -0.05) is 34.1 Å². The zero-order valence-electron chi connectivity index (χ0n) is 9.89. The Morgan fingerprint density at radius 3 is 2.15 bits per heavy atom. The fourth-order valence-electron chi connectivity index (χ4n) is 1.81. The normalized spacial score (nSPS) is 13.3. The highest BCUT2D eigenvalue weighted by atomic mass is 79.9. The Hall–Kier alpha value is -1.07. The Balaban J connectivity index is 2.49. The Morgan fingerprint density at radius 2 is 1.60 bits per heavy atom. The smallest absolute Gasteiger partial charge is 0.207 e. The summed E-state index contributed by atoms with van der Waals surface area (Å²) in [4.78, 5) is 0. The first-order chi connectivity index (χ1) is 9.29. The predicted octanol–water partition coefficient (Wildman–Crippen LogP) is 5.94. The van der Waals surface area contributed by atoms with Gasteiger partial charge in [0, 0.05) is 4.47 Å². The molecule has 0 saturated heterocycles. The first-order valence-electron chi connectivity index (χ1n) is 5.55. The molecule has 20 heavy (non-hydrogen) atoms. The molecule has 0 aliphatic rings. The van der Waals surface area contributed by atoms with Crippen molar-refractivity contribution >= 4 is 27.5 Å². The second kappa shape index (κ2) is 5.74. The van der Waals surface area contributed by atoms with Gasteiger partial charge in [0.2, 0.25) is 0 Å². The second-order valence-corrected chi connectivity index (χ2v) is 5.50. The first kappa shape index (κ1) is 15.3. The molecule has 2 rings (SSSR count). The van der Waals surface area contributed by atoms with Crippen LogP contribution in [0, 0.1) is 5.82 Å². The summed E-state index contributed by atoms with van der Waals surface area (Å²) in [6, 6.07) is 8.85. The average molecular weight is 368 g/mol. The van der Waals surface area contributed by atoms with Crippen LogP contribution in [-0.4, -0.2) is 0 Å². The summed E-state index contributed by atoms with van der Waals surface area (Å²) in [5, 5.41) is -1.000. The van der Waals surface area contributed by atoms with Crippen LogP contribution in [0.3, 0.4) is 0 Å². The average Bonchev–Trinajstić information content (AvgIpc) is 2.38. The predicted molar refractivity (Wildman–Crippen MR) is 73.2 cm³/mol. The van der Waals surface area contributed by atoms with Gasteiger partial charge in [0.05, 0.1) is 10.9 Å². The molecule has 0 aliphatic carbocycles. The molecule has 0 aliphatic heterocycles. The molecule has 2 aromatic carbocycles. The van der Waals surface area contributed by atoms with Crippen LogP contribution in [0.1, 0.15) is 22.1 Å². The van der Waals surface area contributed by atoms with Crippen LogP contribution in [0.5, 0.6) is 0 Å². The van der Waals surface area contributed by atoms with Crippen molar-refractivity contribution in [1.29, 1.82) is 0 Å². The standard InChI is InChI=1S/C14H8BrClF4/c15-9-3-6-11(12(7-9)14(18,19)20)13(16)8-1-4-10(17)5-2-8/h1-7,13H. The molecule has 0 bridgehead atoms. The number of benzene rings is 2. The summed E-state index contributed by atoms with van der Waals surface area (Å²) in [7, 11) is 0. The van der Waals surface area contributed by atoms with Crippen molar-refractivity contribution in [2.75, 3.05) is 0 Å². The van der Waals surface area contributed by atoms with E-state index in [4.69, 9.17) is 11.6 Å². The lowest BCUT2D eigenvalue weighted by atomic mass is 9.99. The van der Waals surface area contributed by atoms with Crippen LogP contribution < -0.4 is 0 Å². The molecule has 0 radical (unpaired) electrons. The molecule has 0 saturated carbocycles. The van der Waals surface area contributed by atoms with Crippen molar-refractivity contribution in [2.24, 2.45) is 0 Å². The van der Waals surface area contributed by atoms with Gasteiger partial charge in [0.1, 0.15) is 5.82 Å². The van der Waals surface area contributed by atoms with Crippen LogP contribution >= 0.6 is 27.5 Å². The van der Waals surface area contributed by atoms with E-state index in [0.717, 1.165) is 18.2 Å². The lowest BCUT2D eigenvalue weighted by molar-refractivity contribution is -0.138. The van der Waals surface area contributed by atoms with E-state index in [1.54, 1.807) is 0 Å². The Morgan fingerprint density at radius 1 is 1.00 bits per heavy atom. The molecular weight excluding hydrogens is 360 g/mol. The van der Waals surface area contributed by atoms with Crippen LogP contribution in [0.15, 0.2) is 46.9 Å². The van der Waals surface area contributed by atoms with E-state index >= 15 is 0 Å². The molecule has 0 N–H and O–H groups in total. The molecule has 0 aromatic heterocycles. The topological polar surface area (TPSA) is 0 Å². The Bertz CT molecular complexity index is 608. The summed E-state index contributed by atoms with van der Waals surface area (Å²) in [5.74, 6) is -0.468. The fourth-order valence-corrected chi connectivity index (χ4v) is 2.50. The maximum Gasteiger partial charge on any atom is 0.416 e. The lowest BCUT2D eigenvalue weighted by Gasteiger charge is -2.17. The summed E-state index contributed by atoms with van der Waals surface area (Å²) >= 11 is 9.12. The highest BCUT2D eigenvalue weighted by molar-refractivity contribution is 9.10. The minimum absolute atomic E-state index is 0.0611. The quantitative estimate of drug-likeness (QED) is 0.455. The number of rotatable bonds is 2. The first-order valence-corrected chi connectivity index (χ1v) is 6.78. The highest BCUT2D eigenvalue weighted by Gasteiger charge is 2.35. The third-order valence-corrected chi connectivity index (χ3v) is 3.74. The van der Waals surface area contributed by atoms with E-state index < -0.39 is 22.9 Å². The molecule has 106 valence electrons. The summed E-state index contributed by atoms with van der Waals surface area (Å²) < 4.78 is 52.2. The highest BCUT2D eigenvalue weighted by Crippen LogP contribution is 2.40. The van der Waals surface area contributed by atoms with Gasteiger partial charge >= 0.3 is 6.18 Å². The zero-order chi connectivity index (χ0) is 14.9. The van der Waals surface area contributed by atoms with Gasteiger partial charge in [0.15, 0.2) is 0 Å². The second-order valence-electron chi connectivity index (χ2n) is 4.14. The van der Waals surface area contributed by atoms with Gasteiger partial charge in [-0.25, -0.2) is 4.39 Å². The number of hydrogen-bond acceptors (Lipinski definition) is 0. The van der Waals surface area contributed by atoms with E-state index in [1.807, 2.05) is 0 Å². The van der Waals surface area contributed by atoms with Crippen molar-refractivity contribution < 1.29 is 17.6 Å². The van der Waals surface area contributed by atoms with Gasteiger partial charge < -0.3 is 0 Å². The van der Waals surface area contributed by atoms with Gasteiger partial charge in [-0.05, 0) is 35.4 Å². The molecule has 0 fully saturated rings. The molecule has 0 amide bonds. The molecule has 1 unspecified atom stereocenters. The molecule has 0 spiro atoms. The molecule has 1 atom stereocenters. The van der Waals surface area contributed by atoms with Crippen molar-refractivity contribution in [3.63, 3.8) is 0 Å². The molecular formula is C14H8BrClF4. The van der Waals surface area contributed by atoms with E-state index in [1.165, 1.54) is 24.3 Å². The fraction of sp³-hybridized carbons (Fsp3) is 0.143. The van der Waals surface area contributed by atoms with Gasteiger partial charge in [-0.2, -0.15) is 13.2 Å². The van der Waals surface area contributed by atoms with Crippen molar-refractivity contribution in [1.82, 2.24) is 0 Å². The van der Waals surface area contributed by atoms with E-state index in [9.17, 15) is 17.6 Å². The van der Waals surface area contributed by atoms with Gasteiger partial charge in [0.25, 0.3) is 0 Å². The molecule has 2 aromatic rings. The van der Waals surface area contributed by atoms with Gasteiger partial charge in [-0.15, -0.1) is 11.6 Å². The van der Waals surface area contributed by atoms with E-state index in [-0.39, 0.29) is 5.56 Å². The number of alkyl halides is 4. The third kappa shape index (κ3) is 3.33. The van der Waals surface area contributed by atoms with Crippen molar-refractivity contribution in [3.8, 4) is 0 Å². The van der Waals surface area contributed by atoms with Crippen LogP contribution in [0.25, 0.3) is 0 Å². The number of hydrogen-bond donors (Lipinski definition) is 0. The van der Waals surface area contributed by atoms with Gasteiger partial charge in [-0.3, -0.25) is 0 Å². The van der Waals surface area contributed by atoms with Crippen LogP contribution in [0.2, 0.25) is 0 Å². The summed E-state index contributed by atoms with van der Waals surface area (Å²) in [5.41, 5.74) is -0.467. The molecule has 0 nitrogen and oxygen atoms in total. The minimum Gasteiger partial charge on any atom is -0.207 e. The Kier molecular flexibility index (Phi) is 4.39. The minimum atomic E-state index is -4.51. The summed E-state index contributed by atoms with van der Waals surface area (Å²) in [6.45, 7) is 0. The van der Waals surface area contributed by atoms with Crippen molar-refractivity contribution in [3.05, 3.63) is 69.4 Å². The summed E-state index contributed by atoms with van der Waals surface area (Å²) in [6.07, 6.45) is -4.51. The monoisotopic (exact) mass is 366 g/mol. The van der Waals surface area contributed by atoms with E-state index in [0.29, 0.717) is 10.0 Å². The maximum absolute atomic E-state index is 13.0. The molecule has 6 heteroatoms. The zero-order valence-corrected chi connectivity index (χ0v) is 12.2. The molecule has 0 heterocycles. The maximum atomic E-state index is 13.0. The largest absolute Gasteiger partial charge is 0.416 e.